The summed E-state index contributed by atoms with van der Waals surface area (Å²) in [4.78, 5) is 26.7. The number of benzene rings is 2. The number of halogens is 2. The van der Waals surface area contributed by atoms with E-state index in [0.29, 0.717) is 52.4 Å². The number of Topliss-reactive ketones (excluding diaryl/α,β-unsaturated/α-hetero) is 1. The van der Waals surface area contributed by atoms with Crippen LogP contribution in [0.4, 0.5) is 26.2 Å². The number of fused-ring (bicyclic) bond motifs is 3. The Morgan fingerprint density at radius 3 is 2.63 bits per heavy atom. The predicted octanol–water partition coefficient (Wildman–Crippen LogP) is 6.59. The lowest BCUT2D eigenvalue weighted by Gasteiger charge is -2.15. The SMILES string of the molecule is CC(F)(F)c1cccc(Nc2nc3cc(C(=O)CC4CC4)ccc3c3cnc(NC4CC4)nc23)c1. The van der Waals surface area contributed by atoms with Gasteiger partial charge < -0.3 is 10.6 Å². The molecule has 2 heterocycles. The highest BCUT2D eigenvalue weighted by Gasteiger charge is 2.26. The summed E-state index contributed by atoms with van der Waals surface area (Å²) in [5.74, 6) is -1.42. The van der Waals surface area contributed by atoms with Gasteiger partial charge >= 0.3 is 0 Å². The van der Waals surface area contributed by atoms with Gasteiger partial charge in [-0.05, 0) is 49.8 Å². The first kappa shape index (κ1) is 21.8. The summed E-state index contributed by atoms with van der Waals surface area (Å²) >= 11 is 0. The number of rotatable bonds is 8. The molecular formula is C27H25F2N5O. The lowest BCUT2D eigenvalue weighted by molar-refractivity contribution is 0.0175. The average molecular weight is 474 g/mol. The van der Waals surface area contributed by atoms with Crippen LogP contribution in [0.15, 0.2) is 48.7 Å². The number of nitrogens with one attached hydrogen (secondary N) is 2. The van der Waals surface area contributed by atoms with Crippen molar-refractivity contribution in [3.8, 4) is 0 Å². The molecule has 0 amide bonds. The maximum Gasteiger partial charge on any atom is 0.270 e. The van der Waals surface area contributed by atoms with E-state index in [1.807, 2.05) is 12.1 Å². The molecule has 2 saturated carbocycles. The van der Waals surface area contributed by atoms with Crippen molar-refractivity contribution in [2.24, 2.45) is 5.92 Å². The number of anilines is 3. The van der Waals surface area contributed by atoms with Crippen LogP contribution in [0, 0.1) is 5.92 Å². The van der Waals surface area contributed by atoms with Gasteiger partial charge in [0.15, 0.2) is 11.6 Å². The van der Waals surface area contributed by atoms with Gasteiger partial charge in [0.25, 0.3) is 5.92 Å². The van der Waals surface area contributed by atoms with E-state index < -0.39 is 5.92 Å². The van der Waals surface area contributed by atoms with Crippen molar-refractivity contribution >= 4 is 45.0 Å². The van der Waals surface area contributed by atoms with Crippen molar-refractivity contribution in [1.82, 2.24) is 15.0 Å². The smallest absolute Gasteiger partial charge is 0.270 e. The zero-order valence-corrected chi connectivity index (χ0v) is 19.3. The van der Waals surface area contributed by atoms with Gasteiger partial charge in [0.1, 0.15) is 5.52 Å². The third-order valence-corrected chi connectivity index (χ3v) is 6.57. The van der Waals surface area contributed by atoms with E-state index in [-0.39, 0.29) is 11.3 Å². The fourth-order valence-corrected chi connectivity index (χ4v) is 4.23. The number of carbonyl (C=O) groups is 1. The number of aromatic nitrogens is 3. The molecule has 0 unspecified atom stereocenters. The molecule has 178 valence electrons. The molecule has 0 aliphatic heterocycles. The first-order valence-electron chi connectivity index (χ1n) is 12.0. The van der Waals surface area contributed by atoms with Crippen molar-refractivity contribution < 1.29 is 13.6 Å². The second kappa shape index (κ2) is 8.22. The molecular weight excluding hydrogens is 448 g/mol. The number of alkyl halides is 2. The molecule has 8 heteroatoms. The van der Waals surface area contributed by atoms with Crippen molar-refractivity contribution in [2.75, 3.05) is 10.6 Å². The van der Waals surface area contributed by atoms with Crippen LogP contribution >= 0.6 is 0 Å². The number of nitrogens with zero attached hydrogens (tertiary/aromatic N) is 3. The van der Waals surface area contributed by atoms with Gasteiger partial charge in [0.05, 0.1) is 5.52 Å². The Balaban J connectivity index is 1.46. The maximum atomic E-state index is 13.9. The van der Waals surface area contributed by atoms with E-state index in [1.54, 1.807) is 24.4 Å². The first-order valence-corrected chi connectivity index (χ1v) is 12.0. The van der Waals surface area contributed by atoms with Crippen molar-refractivity contribution in [1.29, 1.82) is 0 Å². The standard InChI is InChI=1S/C27H25F2N5O/c1-27(28,29)17-3-2-4-19(13-17)31-25-24-21(14-30-26(34-24)32-18-8-9-18)20-10-7-16(12-22(20)33-25)23(35)11-15-5-6-15/h2-4,7,10,12-15,18H,5-6,8-9,11H2,1H3,(H,31,33)(H,30,32,34). The Hall–Kier alpha value is -3.68. The molecule has 2 fully saturated rings. The second-order valence-corrected chi connectivity index (χ2v) is 9.73. The average Bonchev–Trinajstić information content (AvgIpc) is 3.76. The molecule has 2 aliphatic carbocycles. The molecule has 6 nitrogen and oxygen atoms in total. The van der Waals surface area contributed by atoms with Gasteiger partial charge in [-0.25, -0.2) is 23.7 Å². The molecule has 2 aromatic carbocycles. The summed E-state index contributed by atoms with van der Waals surface area (Å²) in [6.07, 6.45) is 6.70. The Kier molecular flexibility index (Phi) is 5.12. The zero-order chi connectivity index (χ0) is 24.2. The lowest BCUT2D eigenvalue weighted by Crippen LogP contribution is -2.08. The Morgan fingerprint density at radius 2 is 1.89 bits per heavy atom. The van der Waals surface area contributed by atoms with Crippen molar-refractivity contribution in [3.05, 3.63) is 59.8 Å². The van der Waals surface area contributed by atoms with Crippen LogP contribution in [0.5, 0.6) is 0 Å². The summed E-state index contributed by atoms with van der Waals surface area (Å²) < 4.78 is 27.9. The molecule has 0 atom stereocenters. The minimum absolute atomic E-state index is 0.0914. The number of pyridine rings is 1. The minimum Gasteiger partial charge on any atom is -0.351 e. The van der Waals surface area contributed by atoms with Crippen molar-refractivity contribution in [2.45, 2.75) is 51.0 Å². The van der Waals surface area contributed by atoms with E-state index in [1.165, 1.54) is 12.1 Å². The first-order chi connectivity index (χ1) is 16.8. The molecule has 2 aliphatic rings. The number of hydrogen-bond acceptors (Lipinski definition) is 6. The summed E-state index contributed by atoms with van der Waals surface area (Å²) in [6.45, 7) is 0.874. The lowest BCUT2D eigenvalue weighted by atomic mass is 10.0. The third-order valence-electron chi connectivity index (χ3n) is 6.57. The topological polar surface area (TPSA) is 79.8 Å². The van der Waals surface area contributed by atoms with Crippen LogP contribution in [0.25, 0.3) is 21.8 Å². The molecule has 0 spiro atoms. The molecule has 0 radical (unpaired) electrons. The second-order valence-electron chi connectivity index (χ2n) is 9.73. The molecule has 4 aromatic rings. The van der Waals surface area contributed by atoms with E-state index in [9.17, 15) is 13.6 Å². The van der Waals surface area contributed by atoms with Crippen LogP contribution in [0.1, 0.15) is 54.9 Å². The highest BCUT2D eigenvalue weighted by molar-refractivity contribution is 6.10. The molecule has 35 heavy (non-hydrogen) atoms. The fourth-order valence-electron chi connectivity index (χ4n) is 4.23. The third kappa shape index (κ3) is 4.65. The van der Waals surface area contributed by atoms with Crippen LogP contribution in [-0.2, 0) is 5.92 Å². The van der Waals surface area contributed by atoms with E-state index >= 15 is 0 Å². The largest absolute Gasteiger partial charge is 0.351 e. The highest BCUT2D eigenvalue weighted by atomic mass is 19.3. The molecule has 0 saturated heterocycles. The molecule has 2 aromatic heterocycles. The van der Waals surface area contributed by atoms with Gasteiger partial charge in [-0.1, -0.05) is 24.3 Å². The summed E-state index contributed by atoms with van der Waals surface area (Å²) in [5.41, 5.74) is 2.23. The van der Waals surface area contributed by atoms with Gasteiger partial charge in [-0.3, -0.25) is 4.79 Å². The van der Waals surface area contributed by atoms with Crippen LogP contribution in [0.2, 0.25) is 0 Å². The minimum atomic E-state index is -2.96. The molecule has 6 rings (SSSR count). The fraction of sp³-hybridized carbons (Fsp3) is 0.333. The summed E-state index contributed by atoms with van der Waals surface area (Å²) in [7, 11) is 0. The normalized spacial score (nSPS) is 16.0. The van der Waals surface area contributed by atoms with Crippen LogP contribution in [-0.4, -0.2) is 26.8 Å². The van der Waals surface area contributed by atoms with Gasteiger partial charge in [-0.15, -0.1) is 0 Å². The highest BCUT2D eigenvalue weighted by Crippen LogP contribution is 2.36. The monoisotopic (exact) mass is 473 g/mol. The van der Waals surface area contributed by atoms with Gasteiger partial charge in [0.2, 0.25) is 5.95 Å². The molecule has 2 N–H and O–H groups in total. The maximum absolute atomic E-state index is 13.9. The van der Waals surface area contributed by atoms with Gasteiger partial charge in [0, 0.05) is 53.2 Å². The van der Waals surface area contributed by atoms with E-state index in [2.05, 4.69) is 15.6 Å². The summed E-state index contributed by atoms with van der Waals surface area (Å²) in [6, 6.07) is 12.0. The van der Waals surface area contributed by atoms with Crippen molar-refractivity contribution in [3.63, 3.8) is 0 Å². The van der Waals surface area contributed by atoms with Crippen LogP contribution in [0.3, 0.4) is 0 Å². The number of ketones is 1. The predicted molar refractivity (Wildman–Crippen MR) is 132 cm³/mol. The Morgan fingerprint density at radius 1 is 1.06 bits per heavy atom. The Bertz CT molecular complexity index is 1460. The van der Waals surface area contributed by atoms with Gasteiger partial charge in [-0.2, -0.15) is 0 Å². The number of hydrogen-bond donors (Lipinski definition) is 2. The zero-order valence-electron chi connectivity index (χ0n) is 19.3. The number of carbonyl (C=O) groups excluding carboxylic acids is 1. The Labute approximate surface area is 201 Å². The quantitative estimate of drug-likeness (QED) is 0.222. The van der Waals surface area contributed by atoms with E-state index in [0.717, 1.165) is 43.4 Å². The summed E-state index contributed by atoms with van der Waals surface area (Å²) in [5, 5.41) is 8.10. The van der Waals surface area contributed by atoms with Crippen LogP contribution < -0.4 is 10.6 Å². The molecule has 0 bridgehead atoms. The van der Waals surface area contributed by atoms with E-state index in [4.69, 9.17) is 9.97 Å².